The Balaban J connectivity index is 2.47. The first-order chi connectivity index (χ1) is 11.4. The van der Waals surface area contributed by atoms with Gasteiger partial charge in [-0.3, -0.25) is 0 Å². The maximum Gasteiger partial charge on any atom is 0.411 e. The molecule has 0 fully saturated rings. The summed E-state index contributed by atoms with van der Waals surface area (Å²) in [6.45, 7) is 2.83. The number of guanidine groups is 1. The number of rotatable bonds is 9. The van der Waals surface area contributed by atoms with Gasteiger partial charge >= 0.3 is 6.18 Å². The molecule has 8 heteroatoms. The van der Waals surface area contributed by atoms with Crippen LogP contribution in [0.25, 0.3) is 0 Å². The lowest BCUT2D eigenvalue weighted by atomic mass is 10.1. The number of hydrogen-bond acceptors (Lipinski definition) is 3. The van der Waals surface area contributed by atoms with Crippen LogP contribution in [0.1, 0.15) is 18.1 Å². The number of aliphatic imine (C=N–C) groups is 1. The summed E-state index contributed by atoms with van der Waals surface area (Å²) in [5.41, 5.74) is 1.69. The van der Waals surface area contributed by atoms with E-state index in [9.17, 15) is 13.2 Å². The zero-order chi connectivity index (χ0) is 17.8. The van der Waals surface area contributed by atoms with Crippen molar-refractivity contribution in [1.29, 1.82) is 0 Å². The van der Waals surface area contributed by atoms with Gasteiger partial charge in [-0.2, -0.15) is 24.9 Å². The highest BCUT2D eigenvalue weighted by atomic mass is 32.2. The van der Waals surface area contributed by atoms with Crippen LogP contribution < -0.4 is 10.6 Å². The molecular formula is C16H24F3N3OS. The summed E-state index contributed by atoms with van der Waals surface area (Å²) >= 11 is 1.76. The van der Waals surface area contributed by atoms with E-state index in [1.165, 1.54) is 0 Å². The van der Waals surface area contributed by atoms with E-state index in [0.29, 0.717) is 12.1 Å². The molecule has 1 rings (SSSR count). The molecule has 0 aliphatic heterocycles. The van der Waals surface area contributed by atoms with Gasteiger partial charge < -0.3 is 15.4 Å². The Labute approximate surface area is 145 Å². The van der Waals surface area contributed by atoms with Crippen LogP contribution >= 0.6 is 11.8 Å². The molecule has 0 atom stereocenters. The third kappa shape index (κ3) is 9.67. The Bertz CT molecular complexity index is 492. The quantitative estimate of drug-likeness (QED) is 0.402. The summed E-state index contributed by atoms with van der Waals surface area (Å²) in [7, 11) is 0. The second-order valence-electron chi connectivity index (χ2n) is 5.04. The lowest BCUT2D eigenvalue weighted by Crippen LogP contribution is -2.38. The third-order valence-corrected chi connectivity index (χ3v) is 3.53. The maximum atomic E-state index is 12.0. The summed E-state index contributed by atoms with van der Waals surface area (Å²) in [5, 5.41) is 6.41. The van der Waals surface area contributed by atoms with Crippen LogP contribution in [0.4, 0.5) is 13.2 Å². The minimum atomic E-state index is -4.29. The van der Waals surface area contributed by atoms with Crippen LogP contribution in [0.3, 0.4) is 0 Å². The lowest BCUT2D eigenvalue weighted by Gasteiger charge is -2.11. The van der Waals surface area contributed by atoms with E-state index >= 15 is 0 Å². The number of nitrogens with one attached hydrogen (secondary N) is 2. The highest BCUT2D eigenvalue weighted by Gasteiger charge is 2.27. The second-order valence-corrected chi connectivity index (χ2v) is 6.02. The fraction of sp³-hybridized carbons (Fsp3) is 0.562. The average molecular weight is 363 g/mol. The van der Waals surface area contributed by atoms with E-state index in [2.05, 4.69) is 20.4 Å². The van der Waals surface area contributed by atoms with Crippen LogP contribution in [0.2, 0.25) is 0 Å². The highest BCUT2D eigenvalue weighted by Crippen LogP contribution is 2.16. The van der Waals surface area contributed by atoms with E-state index in [4.69, 9.17) is 0 Å². The predicted octanol–water partition coefficient (Wildman–Crippen LogP) is 3.18. The molecule has 0 aliphatic carbocycles. The highest BCUT2D eigenvalue weighted by molar-refractivity contribution is 7.98. The van der Waals surface area contributed by atoms with Gasteiger partial charge in [-0.15, -0.1) is 0 Å². The number of nitrogens with zero attached hydrogens (tertiary/aromatic N) is 1. The van der Waals surface area contributed by atoms with E-state index in [0.717, 1.165) is 30.4 Å². The summed E-state index contributed by atoms with van der Waals surface area (Å²) in [5.74, 6) is 1.75. The number of alkyl halides is 3. The molecule has 0 saturated heterocycles. The van der Waals surface area contributed by atoms with Crippen molar-refractivity contribution < 1.29 is 17.9 Å². The maximum absolute atomic E-state index is 12.0. The van der Waals surface area contributed by atoms with E-state index < -0.39 is 12.8 Å². The molecule has 0 aliphatic rings. The Morgan fingerprint density at radius 1 is 1.17 bits per heavy atom. The number of benzene rings is 1. The molecule has 0 heterocycles. The smallest absolute Gasteiger partial charge is 0.367 e. The van der Waals surface area contributed by atoms with Crippen molar-refractivity contribution in [3.05, 3.63) is 35.4 Å². The third-order valence-electron chi connectivity index (χ3n) is 2.92. The van der Waals surface area contributed by atoms with Crippen molar-refractivity contribution in [2.75, 3.05) is 31.7 Å². The van der Waals surface area contributed by atoms with Crippen molar-refractivity contribution >= 4 is 17.7 Å². The zero-order valence-electron chi connectivity index (χ0n) is 13.9. The first kappa shape index (κ1) is 20.6. The molecule has 0 bridgehead atoms. The minimum Gasteiger partial charge on any atom is -0.367 e. The number of halogens is 3. The molecule has 1 aromatic carbocycles. The van der Waals surface area contributed by atoms with Gasteiger partial charge in [-0.25, -0.2) is 4.99 Å². The standard InChI is InChI=1S/C16H24F3N3OS/c1-3-20-15(21-8-9-24-2)22-10-13-4-6-14(7-5-13)11-23-12-16(17,18)19/h4-7H,3,8-12H2,1-2H3,(H2,20,21,22). The fourth-order valence-electron chi connectivity index (χ4n) is 1.81. The van der Waals surface area contributed by atoms with Gasteiger partial charge in [-0.05, 0) is 24.3 Å². The molecule has 0 saturated carbocycles. The molecule has 4 nitrogen and oxygen atoms in total. The number of thioether (sulfide) groups is 1. The minimum absolute atomic E-state index is 0.0536. The van der Waals surface area contributed by atoms with Crippen LogP contribution in [0, 0.1) is 0 Å². The van der Waals surface area contributed by atoms with Crippen LogP contribution in [-0.2, 0) is 17.9 Å². The average Bonchev–Trinajstić information content (AvgIpc) is 2.53. The van der Waals surface area contributed by atoms with Gasteiger partial charge in [0, 0.05) is 18.8 Å². The summed E-state index contributed by atoms with van der Waals surface area (Å²) in [6, 6.07) is 7.22. The zero-order valence-corrected chi connectivity index (χ0v) is 14.8. The number of ether oxygens (including phenoxy) is 1. The molecule has 1 aromatic rings. The first-order valence-corrected chi connectivity index (χ1v) is 9.07. The van der Waals surface area contributed by atoms with Gasteiger partial charge in [0.05, 0.1) is 13.2 Å². The Kier molecular flexibility index (Phi) is 9.63. The van der Waals surface area contributed by atoms with E-state index in [1.54, 1.807) is 23.9 Å². The van der Waals surface area contributed by atoms with E-state index in [-0.39, 0.29) is 6.61 Å². The lowest BCUT2D eigenvalue weighted by molar-refractivity contribution is -0.176. The molecule has 2 N–H and O–H groups in total. The fourth-order valence-corrected chi connectivity index (χ4v) is 2.12. The largest absolute Gasteiger partial charge is 0.411 e. The molecule has 0 aromatic heterocycles. The first-order valence-electron chi connectivity index (χ1n) is 7.68. The summed E-state index contributed by atoms with van der Waals surface area (Å²) in [4.78, 5) is 4.48. The molecule has 0 radical (unpaired) electrons. The van der Waals surface area contributed by atoms with Crippen molar-refractivity contribution in [3.8, 4) is 0 Å². The molecule has 0 spiro atoms. The topological polar surface area (TPSA) is 45.7 Å². The van der Waals surface area contributed by atoms with Crippen molar-refractivity contribution in [1.82, 2.24) is 10.6 Å². The van der Waals surface area contributed by atoms with Gasteiger partial charge in [0.2, 0.25) is 0 Å². The summed E-state index contributed by atoms with van der Waals surface area (Å²) < 4.78 is 40.7. The molecular weight excluding hydrogens is 339 g/mol. The van der Waals surface area contributed by atoms with Gasteiger partial charge in [-0.1, -0.05) is 24.3 Å². The Morgan fingerprint density at radius 3 is 2.42 bits per heavy atom. The molecule has 0 unspecified atom stereocenters. The van der Waals surface area contributed by atoms with Gasteiger partial charge in [0.15, 0.2) is 5.96 Å². The normalized spacial score (nSPS) is 12.3. The second kappa shape index (κ2) is 11.2. The van der Waals surface area contributed by atoms with Gasteiger partial charge in [0.25, 0.3) is 0 Å². The van der Waals surface area contributed by atoms with Crippen LogP contribution in [-0.4, -0.2) is 43.8 Å². The number of hydrogen-bond donors (Lipinski definition) is 2. The Morgan fingerprint density at radius 2 is 1.83 bits per heavy atom. The summed E-state index contributed by atoms with van der Waals surface area (Å²) in [6.07, 6.45) is -2.24. The SMILES string of the molecule is CCNC(=NCc1ccc(COCC(F)(F)F)cc1)NCCSC. The van der Waals surface area contributed by atoms with Crippen LogP contribution in [0.5, 0.6) is 0 Å². The van der Waals surface area contributed by atoms with Crippen molar-refractivity contribution in [2.45, 2.75) is 26.3 Å². The van der Waals surface area contributed by atoms with Crippen molar-refractivity contribution in [2.24, 2.45) is 4.99 Å². The van der Waals surface area contributed by atoms with Gasteiger partial charge in [0.1, 0.15) is 6.61 Å². The monoisotopic (exact) mass is 363 g/mol. The van der Waals surface area contributed by atoms with Crippen LogP contribution in [0.15, 0.2) is 29.3 Å². The Hall–Kier alpha value is -1.41. The molecule has 136 valence electrons. The van der Waals surface area contributed by atoms with Crippen molar-refractivity contribution in [3.63, 3.8) is 0 Å². The molecule has 0 amide bonds. The van der Waals surface area contributed by atoms with E-state index in [1.807, 2.05) is 25.3 Å². The molecule has 24 heavy (non-hydrogen) atoms. The predicted molar refractivity (Wildman–Crippen MR) is 93.4 cm³/mol.